The Morgan fingerprint density at radius 2 is 1.69 bits per heavy atom. The molecule has 0 amide bonds. The lowest BCUT2D eigenvalue weighted by Gasteiger charge is -2.10. The van der Waals surface area contributed by atoms with E-state index < -0.39 is 7.60 Å². The van der Waals surface area contributed by atoms with Crippen molar-refractivity contribution < 1.29 is 23.1 Å². The van der Waals surface area contributed by atoms with Crippen LogP contribution in [0.2, 0.25) is 0 Å². The van der Waals surface area contributed by atoms with Crippen LogP contribution in [-0.2, 0) is 23.1 Å². The summed E-state index contributed by atoms with van der Waals surface area (Å²) in [5, 5.41) is 0. The van der Waals surface area contributed by atoms with Crippen LogP contribution >= 0.6 is 7.60 Å². The van der Waals surface area contributed by atoms with Crippen molar-refractivity contribution in [2.45, 2.75) is 0 Å². The minimum absolute atomic E-state index is 0.269. The van der Waals surface area contributed by atoms with Gasteiger partial charge in [0.05, 0.1) is 26.4 Å². The molecular weight excluding hydrogens is 195 g/mol. The molecule has 0 saturated carbocycles. The third kappa shape index (κ3) is 8.40. The average molecular weight is 212 g/mol. The van der Waals surface area contributed by atoms with Crippen molar-refractivity contribution in [2.24, 2.45) is 0 Å². The molecule has 1 atom stereocenters. The van der Waals surface area contributed by atoms with Crippen molar-refractivity contribution >= 4 is 7.60 Å². The minimum atomic E-state index is -2.84. The molecule has 0 spiro atoms. The third-order valence-electron chi connectivity index (χ3n) is 1.32. The molecule has 6 heteroatoms. The van der Waals surface area contributed by atoms with Gasteiger partial charge >= 0.3 is 7.60 Å². The SMILES string of the molecule is COCCOCCOP(C)(=O)OC. The van der Waals surface area contributed by atoms with Gasteiger partial charge in [-0.1, -0.05) is 0 Å². The number of hydrogen-bond acceptors (Lipinski definition) is 5. The second kappa shape index (κ2) is 7.47. The lowest BCUT2D eigenvalue weighted by molar-refractivity contribution is 0.0519. The van der Waals surface area contributed by atoms with E-state index in [4.69, 9.17) is 14.0 Å². The Labute approximate surface area is 78.8 Å². The molecule has 0 aromatic carbocycles. The van der Waals surface area contributed by atoms with Crippen molar-refractivity contribution in [3.05, 3.63) is 0 Å². The van der Waals surface area contributed by atoms with Gasteiger partial charge in [0.2, 0.25) is 0 Å². The maximum Gasteiger partial charge on any atom is 0.327 e. The lowest BCUT2D eigenvalue weighted by Crippen LogP contribution is -2.07. The fraction of sp³-hybridized carbons (Fsp3) is 1.00. The molecule has 0 aromatic rings. The van der Waals surface area contributed by atoms with Crippen LogP contribution in [0.4, 0.5) is 0 Å². The van der Waals surface area contributed by atoms with E-state index in [2.05, 4.69) is 4.52 Å². The van der Waals surface area contributed by atoms with E-state index in [0.717, 1.165) is 0 Å². The first-order valence-corrected chi connectivity index (χ1v) is 5.96. The Morgan fingerprint density at radius 1 is 1.08 bits per heavy atom. The summed E-state index contributed by atoms with van der Waals surface area (Å²) in [5.74, 6) is 0. The van der Waals surface area contributed by atoms with Crippen LogP contribution in [-0.4, -0.2) is 47.3 Å². The summed E-state index contributed by atoms with van der Waals surface area (Å²) in [6.45, 7) is 3.15. The molecule has 5 nitrogen and oxygen atoms in total. The molecule has 0 bridgehead atoms. The standard InChI is InChI=1S/C7H17O5P/c1-9-4-5-11-6-7-12-13(3,8)10-2/h4-7H2,1-3H3. The number of rotatable bonds is 8. The number of hydrogen-bond donors (Lipinski definition) is 0. The van der Waals surface area contributed by atoms with Crippen molar-refractivity contribution in [1.29, 1.82) is 0 Å². The van der Waals surface area contributed by atoms with Crippen molar-refractivity contribution in [3.8, 4) is 0 Å². The van der Waals surface area contributed by atoms with Gasteiger partial charge in [-0.2, -0.15) is 0 Å². The second-order valence-electron chi connectivity index (χ2n) is 2.39. The van der Waals surface area contributed by atoms with Crippen LogP contribution in [0.1, 0.15) is 0 Å². The summed E-state index contributed by atoms with van der Waals surface area (Å²) in [5.41, 5.74) is 0. The first-order valence-electron chi connectivity index (χ1n) is 3.97. The van der Waals surface area contributed by atoms with Crippen molar-refractivity contribution in [3.63, 3.8) is 0 Å². The molecule has 0 aromatic heterocycles. The molecule has 1 unspecified atom stereocenters. The van der Waals surface area contributed by atoms with E-state index in [1.807, 2.05) is 0 Å². The summed E-state index contributed by atoms with van der Waals surface area (Å²) >= 11 is 0. The number of ether oxygens (including phenoxy) is 2. The van der Waals surface area contributed by atoms with Crippen LogP contribution in [0.3, 0.4) is 0 Å². The summed E-state index contributed by atoms with van der Waals surface area (Å²) in [6, 6.07) is 0. The lowest BCUT2D eigenvalue weighted by atomic mass is 10.7. The molecule has 0 radical (unpaired) electrons. The molecular formula is C7H17O5P. The molecule has 0 aliphatic heterocycles. The highest BCUT2D eigenvalue weighted by Gasteiger charge is 2.12. The molecule has 0 rings (SSSR count). The Balaban J connectivity index is 3.21. The van der Waals surface area contributed by atoms with Crippen molar-refractivity contribution in [2.75, 3.05) is 47.3 Å². The van der Waals surface area contributed by atoms with Gasteiger partial charge < -0.3 is 18.5 Å². The van der Waals surface area contributed by atoms with Crippen molar-refractivity contribution in [1.82, 2.24) is 0 Å². The average Bonchev–Trinajstić information content (AvgIpc) is 2.11. The zero-order valence-electron chi connectivity index (χ0n) is 8.32. The van der Waals surface area contributed by atoms with E-state index in [1.54, 1.807) is 7.11 Å². The van der Waals surface area contributed by atoms with E-state index in [-0.39, 0.29) is 6.61 Å². The molecule has 0 heterocycles. The molecule has 0 N–H and O–H groups in total. The van der Waals surface area contributed by atoms with Gasteiger partial charge in [-0.15, -0.1) is 0 Å². The smallest absolute Gasteiger partial charge is 0.327 e. The summed E-state index contributed by atoms with van der Waals surface area (Å²) in [7, 11) is 0.116. The fourth-order valence-electron chi connectivity index (χ4n) is 0.559. The van der Waals surface area contributed by atoms with E-state index >= 15 is 0 Å². The van der Waals surface area contributed by atoms with Gasteiger partial charge in [0.25, 0.3) is 0 Å². The van der Waals surface area contributed by atoms with Crippen LogP contribution in [0.25, 0.3) is 0 Å². The van der Waals surface area contributed by atoms with E-state index in [0.29, 0.717) is 19.8 Å². The van der Waals surface area contributed by atoms with Gasteiger partial charge in [0.1, 0.15) is 0 Å². The van der Waals surface area contributed by atoms with Gasteiger partial charge in [-0.05, 0) is 0 Å². The molecule has 13 heavy (non-hydrogen) atoms. The topological polar surface area (TPSA) is 54.0 Å². The van der Waals surface area contributed by atoms with Crippen LogP contribution in [0, 0.1) is 0 Å². The van der Waals surface area contributed by atoms with E-state index in [1.165, 1.54) is 13.8 Å². The highest BCUT2D eigenvalue weighted by atomic mass is 31.2. The fourth-order valence-corrected chi connectivity index (χ4v) is 1.07. The monoisotopic (exact) mass is 212 g/mol. The Hall–Kier alpha value is 0.0700. The highest BCUT2D eigenvalue weighted by molar-refractivity contribution is 7.52. The first kappa shape index (κ1) is 13.1. The largest absolute Gasteiger partial charge is 0.382 e. The molecule has 0 aliphatic rings. The van der Waals surface area contributed by atoms with E-state index in [9.17, 15) is 4.57 Å². The summed E-state index contributed by atoms with van der Waals surface area (Å²) in [4.78, 5) is 0. The summed E-state index contributed by atoms with van der Waals surface area (Å²) < 4.78 is 30.5. The molecule has 0 fully saturated rings. The van der Waals surface area contributed by atoms with Crippen LogP contribution < -0.4 is 0 Å². The predicted octanol–water partition coefficient (Wildman–Crippen LogP) is 1.14. The molecule has 80 valence electrons. The Kier molecular flexibility index (Phi) is 7.51. The predicted molar refractivity (Wildman–Crippen MR) is 49.2 cm³/mol. The van der Waals surface area contributed by atoms with Gasteiger partial charge in [0.15, 0.2) is 0 Å². The molecule has 0 aliphatic carbocycles. The van der Waals surface area contributed by atoms with Crippen LogP contribution in [0.5, 0.6) is 0 Å². The van der Waals surface area contributed by atoms with Crippen LogP contribution in [0.15, 0.2) is 0 Å². The van der Waals surface area contributed by atoms with Gasteiger partial charge in [-0.3, -0.25) is 4.57 Å². The maximum atomic E-state index is 11.1. The third-order valence-corrected chi connectivity index (χ3v) is 2.63. The quantitative estimate of drug-likeness (QED) is 0.446. The Morgan fingerprint density at radius 3 is 2.23 bits per heavy atom. The Bertz CT molecular complexity index is 161. The molecule has 0 saturated heterocycles. The summed E-state index contributed by atoms with van der Waals surface area (Å²) in [6.07, 6.45) is 0. The highest BCUT2D eigenvalue weighted by Crippen LogP contribution is 2.42. The zero-order chi connectivity index (χ0) is 10.2. The maximum absolute atomic E-state index is 11.1. The zero-order valence-corrected chi connectivity index (χ0v) is 9.21. The minimum Gasteiger partial charge on any atom is -0.382 e. The number of methoxy groups -OCH3 is 1. The second-order valence-corrected chi connectivity index (χ2v) is 4.56. The normalized spacial score (nSPS) is 15.6. The van der Waals surface area contributed by atoms with Gasteiger partial charge in [-0.25, -0.2) is 0 Å². The first-order chi connectivity index (χ1) is 6.12. The van der Waals surface area contributed by atoms with Gasteiger partial charge in [0, 0.05) is 20.9 Å².